The molecule has 0 radical (unpaired) electrons. The van der Waals surface area contributed by atoms with Crippen molar-refractivity contribution in [1.82, 2.24) is 5.32 Å². The molecule has 0 fully saturated rings. The van der Waals surface area contributed by atoms with E-state index < -0.39 is 40.0 Å². The summed E-state index contributed by atoms with van der Waals surface area (Å²) in [6.07, 6.45) is -0.709. The van der Waals surface area contributed by atoms with E-state index in [0.717, 1.165) is 0 Å². The van der Waals surface area contributed by atoms with Crippen LogP contribution in [0.25, 0.3) is 0 Å². The molecule has 0 heterocycles. The second-order valence-corrected chi connectivity index (χ2v) is 7.45. The standard InChI is InChI=1S/C24H16ClNO7/c1-32-24(31)26-10-11-33-23-17(20(28)13-7-3-5-9-15(13)22(23)30)16-18(25)21(29)14-8-4-2-6-12(14)19(16)27/h2-9H,10-11H2,1H3,(H,26,31). The first-order valence-electron chi connectivity index (χ1n) is 9.82. The number of nitrogens with one attached hydrogen (secondary N) is 1. The van der Waals surface area contributed by atoms with Gasteiger partial charge in [0, 0.05) is 22.3 Å². The van der Waals surface area contributed by atoms with E-state index in [1.54, 1.807) is 24.3 Å². The first kappa shape index (κ1) is 22.2. The fourth-order valence-corrected chi connectivity index (χ4v) is 3.95. The van der Waals surface area contributed by atoms with E-state index in [4.69, 9.17) is 16.3 Å². The summed E-state index contributed by atoms with van der Waals surface area (Å²) in [4.78, 5) is 64.1. The van der Waals surface area contributed by atoms with E-state index in [-0.39, 0.29) is 46.6 Å². The number of Topliss-reactive ketones (excluding diaryl/α,β-unsaturated/α-hetero) is 4. The van der Waals surface area contributed by atoms with Crippen LogP contribution in [-0.2, 0) is 9.47 Å². The molecule has 0 atom stereocenters. The highest BCUT2D eigenvalue weighted by Crippen LogP contribution is 2.38. The quantitative estimate of drug-likeness (QED) is 0.673. The number of halogens is 1. The fourth-order valence-electron chi connectivity index (χ4n) is 3.66. The molecule has 0 saturated carbocycles. The minimum absolute atomic E-state index is 0.0466. The van der Waals surface area contributed by atoms with E-state index in [1.807, 2.05) is 0 Å². The smallest absolute Gasteiger partial charge is 0.406 e. The van der Waals surface area contributed by atoms with Gasteiger partial charge in [-0.3, -0.25) is 19.2 Å². The highest BCUT2D eigenvalue weighted by atomic mass is 35.5. The maximum absolute atomic E-state index is 13.4. The van der Waals surface area contributed by atoms with Gasteiger partial charge >= 0.3 is 6.09 Å². The van der Waals surface area contributed by atoms with E-state index in [2.05, 4.69) is 10.1 Å². The molecular formula is C24H16ClNO7. The molecule has 2 aromatic rings. The summed E-state index contributed by atoms with van der Waals surface area (Å²) in [6.45, 7) is -0.256. The lowest BCUT2D eigenvalue weighted by Crippen LogP contribution is -2.32. The van der Waals surface area contributed by atoms with Gasteiger partial charge in [0.25, 0.3) is 0 Å². The molecule has 8 nitrogen and oxygen atoms in total. The average Bonchev–Trinajstić information content (AvgIpc) is 2.84. The summed E-state index contributed by atoms with van der Waals surface area (Å²) in [5, 5.41) is 1.92. The lowest BCUT2D eigenvalue weighted by atomic mass is 9.79. The second kappa shape index (κ2) is 8.84. The van der Waals surface area contributed by atoms with Gasteiger partial charge < -0.3 is 14.8 Å². The van der Waals surface area contributed by atoms with Crippen molar-refractivity contribution in [3.63, 3.8) is 0 Å². The zero-order valence-corrected chi connectivity index (χ0v) is 18.0. The van der Waals surface area contributed by atoms with Crippen LogP contribution in [0.15, 0.2) is 70.5 Å². The summed E-state index contributed by atoms with van der Waals surface area (Å²) < 4.78 is 10.1. The largest absolute Gasteiger partial charge is 0.487 e. The molecule has 2 aliphatic carbocycles. The lowest BCUT2D eigenvalue weighted by Gasteiger charge is -2.25. The Morgan fingerprint density at radius 3 is 1.82 bits per heavy atom. The average molecular weight is 466 g/mol. The maximum Gasteiger partial charge on any atom is 0.406 e. The van der Waals surface area contributed by atoms with Crippen LogP contribution >= 0.6 is 11.6 Å². The van der Waals surface area contributed by atoms with Gasteiger partial charge in [0.15, 0.2) is 17.3 Å². The van der Waals surface area contributed by atoms with Crippen LogP contribution in [-0.4, -0.2) is 49.5 Å². The Morgan fingerprint density at radius 1 is 0.788 bits per heavy atom. The molecule has 0 aliphatic heterocycles. The van der Waals surface area contributed by atoms with Crippen LogP contribution in [0, 0.1) is 0 Å². The van der Waals surface area contributed by atoms with Crippen molar-refractivity contribution in [3.8, 4) is 0 Å². The monoisotopic (exact) mass is 465 g/mol. The number of allylic oxidation sites excluding steroid dienone is 4. The number of fused-ring (bicyclic) bond motifs is 2. The van der Waals surface area contributed by atoms with Gasteiger partial charge in [-0.25, -0.2) is 4.79 Å². The first-order chi connectivity index (χ1) is 15.9. The van der Waals surface area contributed by atoms with Crippen LogP contribution in [0.5, 0.6) is 0 Å². The Kier molecular flexibility index (Phi) is 5.93. The first-order valence-corrected chi connectivity index (χ1v) is 10.2. The number of hydrogen-bond donors (Lipinski definition) is 1. The van der Waals surface area contributed by atoms with Gasteiger partial charge in [-0.1, -0.05) is 60.1 Å². The third kappa shape index (κ3) is 3.74. The number of amides is 1. The van der Waals surface area contributed by atoms with Crippen LogP contribution in [0.1, 0.15) is 41.4 Å². The van der Waals surface area contributed by atoms with Gasteiger partial charge in [-0.2, -0.15) is 0 Å². The SMILES string of the molecule is COC(=O)NCCOC1=C(C2=C(Cl)C(=O)c3ccccc3C2=O)C(=O)c2ccccc2C1=O. The van der Waals surface area contributed by atoms with Gasteiger partial charge in [0.2, 0.25) is 11.6 Å². The number of methoxy groups -OCH3 is 1. The van der Waals surface area contributed by atoms with E-state index in [0.29, 0.717) is 0 Å². The van der Waals surface area contributed by atoms with Crippen molar-refractivity contribution in [1.29, 1.82) is 0 Å². The third-order valence-corrected chi connectivity index (χ3v) is 5.55. The lowest BCUT2D eigenvalue weighted by molar-refractivity contribution is 0.0869. The van der Waals surface area contributed by atoms with Crippen LogP contribution < -0.4 is 5.32 Å². The van der Waals surface area contributed by atoms with E-state index in [1.165, 1.54) is 31.4 Å². The van der Waals surface area contributed by atoms with Gasteiger partial charge in [0.1, 0.15) is 11.6 Å². The number of alkyl carbamates (subject to hydrolysis) is 1. The highest BCUT2D eigenvalue weighted by molar-refractivity contribution is 6.52. The fraction of sp³-hybridized carbons (Fsp3) is 0.125. The summed E-state index contributed by atoms with van der Waals surface area (Å²) in [5.41, 5.74) is -0.432. The number of carbonyl (C=O) groups is 5. The van der Waals surface area contributed by atoms with Crippen molar-refractivity contribution in [2.75, 3.05) is 20.3 Å². The molecule has 0 saturated heterocycles. The predicted octanol–water partition coefficient (Wildman–Crippen LogP) is 3.26. The summed E-state index contributed by atoms with van der Waals surface area (Å²) in [6, 6.07) is 12.1. The van der Waals surface area contributed by atoms with Crippen LogP contribution in [0.4, 0.5) is 4.79 Å². The van der Waals surface area contributed by atoms with Crippen molar-refractivity contribution >= 4 is 40.8 Å². The van der Waals surface area contributed by atoms with E-state index in [9.17, 15) is 24.0 Å². The summed E-state index contributed by atoms with van der Waals surface area (Å²) >= 11 is 6.30. The molecule has 2 aliphatic rings. The van der Waals surface area contributed by atoms with Gasteiger partial charge in [0.05, 0.1) is 24.8 Å². The molecule has 0 bridgehead atoms. The van der Waals surface area contributed by atoms with Crippen LogP contribution in [0.3, 0.4) is 0 Å². The zero-order chi connectivity index (χ0) is 23.7. The number of carbonyl (C=O) groups excluding carboxylic acids is 5. The number of hydrogen-bond acceptors (Lipinski definition) is 7. The van der Waals surface area contributed by atoms with Crippen molar-refractivity contribution in [2.24, 2.45) is 0 Å². The normalized spacial score (nSPS) is 15.3. The van der Waals surface area contributed by atoms with Crippen LogP contribution in [0.2, 0.25) is 0 Å². The number of rotatable bonds is 5. The molecular weight excluding hydrogens is 450 g/mol. The Bertz CT molecular complexity index is 1310. The Morgan fingerprint density at radius 2 is 1.27 bits per heavy atom. The molecule has 2 aromatic carbocycles. The van der Waals surface area contributed by atoms with Gasteiger partial charge in [-0.15, -0.1) is 0 Å². The van der Waals surface area contributed by atoms with Crippen molar-refractivity contribution in [2.45, 2.75) is 0 Å². The summed E-state index contributed by atoms with van der Waals surface area (Å²) in [7, 11) is 1.19. The number of benzene rings is 2. The maximum atomic E-state index is 13.4. The van der Waals surface area contributed by atoms with E-state index >= 15 is 0 Å². The second-order valence-electron chi connectivity index (χ2n) is 7.07. The minimum Gasteiger partial charge on any atom is -0.487 e. The molecule has 0 spiro atoms. The topological polar surface area (TPSA) is 116 Å². The Hall–Kier alpha value is -4.04. The third-order valence-electron chi connectivity index (χ3n) is 5.19. The Balaban J connectivity index is 1.84. The zero-order valence-electron chi connectivity index (χ0n) is 17.3. The molecule has 33 heavy (non-hydrogen) atoms. The number of ketones is 4. The molecule has 166 valence electrons. The molecule has 1 N–H and O–H groups in total. The summed E-state index contributed by atoms with van der Waals surface area (Å²) in [5.74, 6) is -3.04. The van der Waals surface area contributed by atoms with Gasteiger partial charge in [-0.05, 0) is 0 Å². The minimum atomic E-state index is -0.709. The molecule has 4 rings (SSSR count). The molecule has 1 amide bonds. The predicted molar refractivity (Wildman–Crippen MR) is 116 cm³/mol. The molecule has 0 aromatic heterocycles. The van der Waals surface area contributed by atoms with Crippen molar-refractivity contribution in [3.05, 3.63) is 92.7 Å². The molecule has 0 unspecified atom stereocenters. The molecule has 9 heteroatoms. The van der Waals surface area contributed by atoms with Crippen molar-refractivity contribution < 1.29 is 33.4 Å². The Labute approximate surface area is 192 Å². The number of ether oxygens (including phenoxy) is 2. The highest BCUT2D eigenvalue weighted by Gasteiger charge is 2.42.